The molecule has 9 heteroatoms. The lowest BCUT2D eigenvalue weighted by Crippen LogP contribution is -2.53. The van der Waals surface area contributed by atoms with Gasteiger partial charge in [0.2, 0.25) is 0 Å². The van der Waals surface area contributed by atoms with E-state index in [2.05, 4.69) is 20.5 Å². The molecule has 30 heavy (non-hydrogen) atoms. The van der Waals surface area contributed by atoms with Gasteiger partial charge in [0, 0.05) is 37.9 Å². The largest absolute Gasteiger partial charge is 0.465 e. The fraction of sp³-hybridized carbons (Fsp3) is 0.381. The van der Waals surface area contributed by atoms with Crippen LogP contribution in [0.1, 0.15) is 18.2 Å². The van der Waals surface area contributed by atoms with Gasteiger partial charge >= 0.3 is 12.1 Å². The molecular weight excluding hydrogens is 389 g/mol. The molecule has 0 aliphatic carbocycles. The standard InChI is InChI=1S/C21H26FN5O3/c1-14-6-7-17(12-23-14)24-20(28)25-18-5-3-4-16(19(18)22)8-9-26-10-11-27(21(29)30)13-15(26)2/h3-7,12,15H,8-11,13H2,1-2H3,(H,29,30)(H2,24,25,28). The highest BCUT2D eigenvalue weighted by molar-refractivity contribution is 5.99. The van der Waals surface area contributed by atoms with E-state index in [0.29, 0.717) is 43.9 Å². The zero-order chi connectivity index (χ0) is 21.7. The number of carboxylic acid groups (broad SMARTS) is 1. The lowest BCUT2D eigenvalue weighted by molar-refractivity contribution is 0.0759. The number of aryl methyl sites for hydroxylation is 1. The minimum absolute atomic E-state index is 0.0631. The third-order valence-corrected chi connectivity index (χ3v) is 5.20. The van der Waals surface area contributed by atoms with Crippen molar-refractivity contribution >= 4 is 23.5 Å². The van der Waals surface area contributed by atoms with Gasteiger partial charge in [0.25, 0.3) is 0 Å². The summed E-state index contributed by atoms with van der Waals surface area (Å²) in [5.74, 6) is -0.466. The maximum absolute atomic E-state index is 14.9. The molecule has 3 N–H and O–H groups in total. The number of carbonyl (C=O) groups is 2. The van der Waals surface area contributed by atoms with Crippen LogP contribution in [0.3, 0.4) is 0 Å². The Morgan fingerprint density at radius 3 is 2.70 bits per heavy atom. The smallest absolute Gasteiger partial charge is 0.407 e. The number of nitrogens with one attached hydrogen (secondary N) is 2. The molecular formula is C21H26FN5O3. The summed E-state index contributed by atoms with van der Waals surface area (Å²) < 4.78 is 14.9. The number of hydrogen-bond donors (Lipinski definition) is 3. The maximum atomic E-state index is 14.9. The molecule has 0 bridgehead atoms. The van der Waals surface area contributed by atoms with Crippen LogP contribution in [0, 0.1) is 12.7 Å². The number of aromatic nitrogens is 1. The second-order valence-corrected chi connectivity index (χ2v) is 7.41. The third-order valence-electron chi connectivity index (χ3n) is 5.20. The van der Waals surface area contributed by atoms with Gasteiger partial charge in [-0.05, 0) is 44.0 Å². The lowest BCUT2D eigenvalue weighted by Gasteiger charge is -2.38. The van der Waals surface area contributed by atoms with Crippen LogP contribution in [0.4, 0.5) is 25.4 Å². The van der Waals surface area contributed by atoms with E-state index in [1.54, 1.807) is 24.3 Å². The minimum Gasteiger partial charge on any atom is -0.465 e. The number of hydrogen-bond acceptors (Lipinski definition) is 4. The Bertz CT molecular complexity index is 906. The highest BCUT2D eigenvalue weighted by Crippen LogP contribution is 2.20. The minimum atomic E-state index is -0.911. The SMILES string of the molecule is Cc1ccc(NC(=O)Nc2cccc(CCN3CCN(C(=O)O)CC3C)c2F)cn1. The first-order valence-corrected chi connectivity index (χ1v) is 9.83. The van der Waals surface area contributed by atoms with Gasteiger partial charge < -0.3 is 20.6 Å². The predicted molar refractivity (Wildman–Crippen MR) is 112 cm³/mol. The Kier molecular flexibility index (Phi) is 6.83. The van der Waals surface area contributed by atoms with Crippen molar-refractivity contribution in [3.63, 3.8) is 0 Å². The molecule has 1 aliphatic rings. The van der Waals surface area contributed by atoms with Crippen LogP contribution in [0.25, 0.3) is 0 Å². The monoisotopic (exact) mass is 415 g/mol. The van der Waals surface area contributed by atoms with Crippen molar-refractivity contribution in [2.45, 2.75) is 26.3 Å². The molecule has 2 aromatic rings. The molecule has 3 amide bonds. The Hall–Kier alpha value is -3.20. The third kappa shape index (κ3) is 5.44. The Labute approximate surface area is 174 Å². The number of rotatable bonds is 5. The number of anilines is 2. The summed E-state index contributed by atoms with van der Waals surface area (Å²) >= 11 is 0. The van der Waals surface area contributed by atoms with Crippen LogP contribution in [-0.4, -0.2) is 64.2 Å². The van der Waals surface area contributed by atoms with Crippen LogP contribution in [0.5, 0.6) is 0 Å². The quantitative estimate of drug-likeness (QED) is 0.695. The number of urea groups is 1. The summed E-state index contributed by atoms with van der Waals surface area (Å²) in [6, 6.07) is 7.92. The maximum Gasteiger partial charge on any atom is 0.407 e. The second-order valence-electron chi connectivity index (χ2n) is 7.41. The Morgan fingerprint density at radius 1 is 1.23 bits per heavy atom. The fourth-order valence-corrected chi connectivity index (χ4v) is 3.46. The molecule has 1 saturated heterocycles. The molecule has 0 saturated carbocycles. The van der Waals surface area contributed by atoms with Crippen molar-refractivity contribution < 1.29 is 19.1 Å². The summed E-state index contributed by atoms with van der Waals surface area (Å²) in [6.45, 7) is 5.91. The highest BCUT2D eigenvalue weighted by atomic mass is 19.1. The topological polar surface area (TPSA) is 97.8 Å². The first kappa shape index (κ1) is 21.5. The summed E-state index contributed by atoms with van der Waals surface area (Å²) in [5.41, 5.74) is 1.95. The highest BCUT2D eigenvalue weighted by Gasteiger charge is 2.26. The number of benzene rings is 1. The van der Waals surface area contributed by atoms with Crippen LogP contribution < -0.4 is 10.6 Å². The van der Waals surface area contributed by atoms with Crippen LogP contribution in [0.15, 0.2) is 36.5 Å². The molecule has 0 radical (unpaired) electrons. The number of piperazine rings is 1. The van der Waals surface area contributed by atoms with E-state index in [0.717, 1.165) is 5.69 Å². The zero-order valence-corrected chi connectivity index (χ0v) is 17.1. The van der Waals surface area contributed by atoms with Crippen LogP contribution >= 0.6 is 0 Å². The molecule has 2 heterocycles. The van der Waals surface area contributed by atoms with Gasteiger partial charge in [0.15, 0.2) is 0 Å². The predicted octanol–water partition coefficient (Wildman–Crippen LogP) is 3.40. The summed E-state index contributed by atoms with van der Waals surface area (Å²) in [5, 5.41) is 14.3. The van der Waals surface area contributed by atoms with Crippen molar-refractivity contribution in [2.75, 3.05) is 36.8 Å². The van der Waals surface area contributed by atoms with E-state index >= 15 is 0 Å². The van der Waals surface area contributed by atoms with Crippen molar-refractivity contribution in [1.82, 2.24) is 14.8 Å². The molecule has 160 valence electrons. The molecule has 0 spiro atoms. The molecule has 8 nitrogen and oxygen atoms in total. The first-order chi connectivity index (χ1) is 14.3. The van der Waals surface area contributed by atoms with Gasteiger partial charge in [-0.1, -0.05) is 12.1 Å². The summed E-state index contributed by atoms with van der Waals surface area (Å²) in [6.07, 6.45) is 1.08. The molecule has 3 rings (SSSR count). The normalized spacial score (nSPS) is 16.9. The Balaban J connectivity index is 1.57. The number of amides is 3. The zero-order valence-electron chi connectivity index (χ0n) is 17.1. The summed E-state index contributed by atoms with van der Waals surface area (Å²) in [7, 11) is 0. The molecule has 1 atom stereocenters. The van der Waals surface area contributed by atoms with Gasteiger partial charge in [0.1, 0.15) is 5.82 Å². The number of nitrogens with zero attached hydrogens (tertiary/aromatic N) is 3. The van der Waals surface area contributed by atoms with Gasteiger partial charge in [-0.2, -0.15) is 0 Å². The molecule has 1 aromatic carbocycles. The average Bonchev–Trinajstić information content (AvgIpc) is 2.71. The molecule has 1 aliphatic heterocycles. The number of carbonyl (C=O) groups excluding carboxylic acids is 1. The van der Waals surface area contributed by atoms with Gasteiger partial charge in [0.05, 0.1) is 17.6 Å². The average molecular weight is 415 g/mol. The van der Waals surface area contributed by atoms with E-state index in [9.17, 15) is 14.0 Å². The van der Waals surface area contributed by atoms with E-state index < -0.39 is 17.9 Å². The first-order valence-electron chi connectivity index (χ1n) is 9.83. The summed E-state index contributed by atoms with van der Waals surface area (Å²) in [4.78, 5) is 30.9. The lowest BCUT2D eigenvalue weighted by atomic mass is 10.1. The molecule has 1 fully saturated rings. The van der Waals surface area contributed by atoms with Gasteiger partial charge in [-0.25, -0.2) is 14.0 Å². The van der Waals surface area contributed by atoms with Gasteiger partial charge in [-0.3, -0.25) is 9.88 Å². The Morgan fingerprint density at radius 2 is 2.03 bits per heavy atom. The van der Waals surface area contributed by atoms with E-state index in [-0.39, 0.29) is 11.7 Å². The van der Waals surface area contributed by atoms with E-state index in [1.165, 1.54) is 17.2 Å². The van der Waals surface area contributed by atoms with Crippen molar-refractivity contribution in [3.8, 4) is 0 Å². The van der Waals surface area contributed by atoms with Crippen molar-refractivity contribution in [2.24, 2.45) is 0 Å². The fourth-order valence-electron chi connectivity index (χ4n) is 3.46. The van der Waals surface area contributed by atoms with Crippen LogP contribution in [0.2, 0.25) is 0 Å². The molecule has 1 aromatic heterocycles. The van der Waals surface area contributed by atoms with Crippen molar-refractivity contribution in [1.29, 1.82) is 0 Å². The number of pyridine rings is 1. The van der Waals surface area contributed by atoms with E-state index in [1.807, 2.05) is 13.8 Å². The van der Waals surface area contributed by atoms with Gasteiger partial charge in [-0.15, -0.1) is 0 Å². The van der Waals surface area contributed by atoms with Crippen LogP contribution in [-0.2, 0) is 6.42 Å². The van der Waals surface area contributed by atoms with E-state index in [4.69, 9.17) is 5.11 Å². The number of halogens is 1. The molecule has 1 unspecified atom stereocenters. The second kappa shape index (κ2) is 9.53. The van der Waals surface area contributed by atoms with Crippen molar-refractivity contribution in [3.05, 3.63) is 53.6 Å².